The van der Waals surface area contributed by atoms with Crippen LogP contribution < -0.4 is 5.32 Å². The summed E-state index contributed by atoms with van der Waals surface area (Å²) in [5.74, 6) is 0.817. The Labute approximate surface area is 129 Å². The standard InChI is InChI=1S/C17H30N4/c1-4-8-18-10-15-5-6-17(19-11-15)14-21(3)13-16-7-9-20(2)12-16/h5-6,11,16,18H,4,7-10,12-14H2,1-3H3. The van der Waals surface area contributed by atoms with Crippen LogP contribution in [0.15, 0.2) is 18.3 Å². The molecule has 4 heteroatoms. The second-order valence-corrected chi connectivity index (χ2v) is 6.45. The zero-order valence-corrected chi connectivity index (χ0v) is 13.8. The quantitative estimate of drug-likeness (QED) is 0.742. The summed E-state index contributed by atoms with van der Waals surface area (Å²) < 4.78 is 0. The van der Waals surface area contributed by atoms with E-state index in [-0.39, 0.29) is 0 Å². The number of aromatic nitrogens is 1. The van der Waals surface area contributed by atoms with Crippen LogP contribution in [0.5, 0.6) is 0 Å². The van der Waals surface area contributed by atoms with E-state index in [0.717, 1.165) is 25.6 Å². The maximum Gasteiger partial charge on any atom is 0.0544 e. The van der Waals surface area contributed by atoms with Crippen LogP contribution in [0.25, 0.3) is 0 Å². The van der Waals surface area contributed by atoms with E-state index in [1.54, 1.807) is 0 Å². The molecule has 4 nitrogen and oxygen atoms in total. The van der Waals surface area contributed by atoms with Gasteiger partial charge in [-0.15, -0.1) is 0 Å². The minimum atomic E-state index is 0.817. The molecule has 1 fully saturated rings. The van der Waals surface area contributed by atoms with E-state index in [4.69, 9.17) is 0 Å². The third kappa shape index (κ3) is 5.73. The molecule has 1 aliphatic heterocycles. The lowest BCUT2D eigenvalue weighted by Gasteiger charge is -2.20. The summed E-state index contributed by atoms with van der Waals surface area (Å²) in [7, 11) is 4.42. The molecule has 118 valence electrons. The van der Waals surface area contributed by atoms with Crippen LogP contribution in [-0.4, -0.2) is 55.1 Å². The zero-order valence-electron chi connectivity index (χ0n) is 13.8. The van der Waals surface area contributed by atoms with Crippen molar-refractivity contribution in [2.24, 2.45) is 5.92 Å². The molecular weight excluding hydrogens is 260 g/mol. The van der Waals surface area contributed by atoms with Gasteiger partial charge in [0.2, 0.25) is 0 Å². The van der Waals surface area contributed by atoms with Gasteiger partial charge in [-0.2, -0.15) is 0 Å². The third-order valence-corrected chi connectivity index (χ3v) is 4.13. The Morgan fingerprint density at radius 3 is 2.90 bits per heavy atom. The third-order valence-electron chi connectivity index (χ3n) is 4.13. The summed E-state index contributed by atoms with van der Waals surface area (Å²) >= 11 is 0. The van der Waals surface area contributed by atoms with Gasteiger partial charge in [-0.25, -0.2) is 0 Å². The molecule has 1 unspecified atom stereocenters. The van der Waals surface area contributed by atoms with Crippen molar-refractivity contribution in [3.8, 4) is 0 Å². The van der Waals surface area contributed by atoms with E-state index in [0.29, 0.717) is 0 Å². The van der Waals surface area contributed by atoms with Crippen LogP contribution in [0, 0.1) is 5.92 Å². The Balaban J connectivity index is 1.74. The van der Waals surface area contributed by atoms with Gasteiger partial charge < -0.3 is 15.1 Å². The lowest BCUT2D eigenvalue weighted by atomic mass is 10.1. The second-order valence-electron chi connectivity index (χ2n) is 6.45. The van der Waals surface area contributed by atoms with E-state index >= 15 is 0 Å². The fourth-order valence-electron chi connectivity index (χ4n) is 3.02. The van der Waals surface area contributed by atoms with Crippen molar-refractivity contribution in [1.29, 1.82) is 0 Å². The molecule has 1 N–H and O–H groups in total. The normalized spacial score (nSPS) is 19.5. The van der Waals surface area contributed by atoms with Crippen LogP contribution in [0.2, 0.25) is 0 Å². The van der Waals surface area contributed by atoms with Crippen LogP contribution in [-0.2, 0) is 13.1 Å². The summed E-state index contributed by atoms with van der Waals surface area (Å²) in [6.45, 7) is 8.78. The Morgan fingerprint density at radius 1 is 1.43 bits per heavy atom. The summed E-state index contributed by atoms with van der Waals surface area (Å²) in [6, 6.07) is 4.36. The van der Waals surface area contributed by atoms with Gasteiger partial charge >= 0.3 is 0 Å². The maximum absolute atomic E-state index is 4.59. The van der Waals surface area contributed by atoms with Gasteiger partial charge in [0.25, 0.3) is 0 Å². The second kappa shape index (κ2) is 8.47. The molecule has 0 saturated carbocycles. The van der Waals surface area contributed by atoms with Gasteiger partial charge in [-0.3, -0.25) is 4.98 Å². The molecule has 2 rings (SSSR count). The highest BCUT2D eigenvalue weighted by atomic mass is 15.2. The minimum Gasteiger partial charge on any atom is -0.313 e. The number of hydrogen-bond donors (Lipinski definition) is 1. The van der Waals surface area contributed by atoms with Gasteiger partial charge in [0.15, 0.2) is 0 Å². The van der Waals surface area contributed by atoms with Crippen LogP contribution in [0.4, 0.5) is 0 Å². The first kappa shape index (κ1) is 16.4. The molecule has 0 aliphatic carbocycles. The van der Waals surface area contributed by atoms with E-state index < -0.39 is 0 Å². The highest BCUT2D eigenvalue weighted by molar-refractivity contribution is 5.13. The number of nitrogens with zero attached hydrogens (tertiary/aromatic N) is 3. The van der Waals surface area contributed by atoms with Crippen molar-refractivity contribution in [2.75, 3.05) is 40.3 Å². The average Bonchev–Trinajstić information content (AvgIpc) is 2.86. The van der Waals surface area contributed by atoms with Crippen molar-refractivity contribution < 1.29 is 0 Å². The number of hydrogen-bond acceptors (Lipinski definition) is 4. The summed E-state index contributed by atoms with van der Waals surface area (Å²) in [6.07, 6.45) is 4.51. The van der Waals surface area contributed by atoms with Crippen molar-refractivity contribution >= 4 is 0 Å². The number of likely N-dealkylation sites (tertiary alicyclic amines) is 1. The van der Waals surface area contributed by atoms with Gasteiger partial charge in [-0.1, -0.05) is 13.0 Å². The van der Waals surface area contributed by atoms with Crippen molar-refractivity contribution in [2.45, 2.75) is 32.9 Å². The van der Waals surface area contributed by atoms with Crippen molar-refractivity contribution in [3.05, 3.63) is 29.6 Å². The van der Waals surface area contributed by atoms with Gasteiger partial charge in [0.05, 0.1) is 5.69 Å². The molecule has 2 heterocycles. The van der Waals surface area contributed by atoms with Gasteiger partial charge in [0, 0.05) is 32.4 Å². The Morgan fingerprint density at radius 2 is 2.29 bits per heavy atom. The van der Waals surface area contributed by atoms with Crippen LogP contribution >= 0.6 is 0 Å². The molecule has 1 aliphatic rings. The largest absolute Gasteiger partial charge is 0.313 e. The average molecular weight is 290 g/mol. The first-order chi connectivity index (χ1) is 10.2. The highest BCUT2D eigenvalue weighted by Crippen LogP contribution is 2.16. The molecule has 0 bridgehead atoms. The summed E-state index contributed by atoms with van der Waals surface area (Å²) in [5.41, 5.74) is 2.44. The SMILES string of the molecule is CCCNCc1ccc(CN(C)CC2CCN(C)C2)nc1. The zero-order chi connectivity index (χ0) is 15.1. The predicted molar refractivity (Wildman–Crippen MR) is 88.2 cm³/mol. The first-order valence-corrected chi connectivity index (χ1v) is 8.19. The van der Waals surface area contributed by atoms with Gasteiger partial charge in [0.1, 0.15) is 0 Å². The highest BCUT2D eigenvalue weighted by Gasteiger charge is 2.20. The fourth-order valence-corrected chi connectivity index (χ4v) is 3.02. The summed E-state index contributed by atoms with van der Waals surface area (Å²) in [5, 5.41) is 3.41. The molecular formula is C17H30N4. The van der Waals surface area contributed by atoms with E-state index in [2.05, 4.69) is 53.3 Å². The van der Waals surface area contributed by atoms with Crippen LogP contribution in [0.3, 0.4) is 0 Å². The molecule has 21 heavy (non-hydrogen) atoms. The predicted octanol–water partition coefficient (Wildman–Crippen LogP) is 1.96. The molecule has 0 spiro atoms. The number of pyridine rings is 1. The monoisotopic (exact) mass is 290 g/mol. The van der Waals surface area contributed by atoms with Crippen molar-refractivity contribution in [1.82, 2.24) is 20.1 Å². The van der Waals surface area contributed by atoms with E-state index in [9.17, 15) is 0 Å². The minimum absolute atomic E-state index is 0.817. The summed E-state index contributed by atoms with van der Waals surface area (Å²) in [4.78, 5) is 9.42. The Hall–Kier alpha value is -0.970. The molecule has 0 aromatic carbocycles. The lowest BCUT2D eigenvalue weighted by molar-refractivity contribution is 0.265. The Kier molecular flexibility index (Phi) is 6.61. The van der Waals surface area contributed by atoms with E-state index in [1.165, 1.54) is 43.7 Å². The van der Waals surface area contributed by atoms with Gasteiger partial charge in [-0.05, 0) is 57.6 Å². The molecule has 1 aromatic heterocycles. The topological polar surface area (TPSA) is 31.4 Å². The number of nitrogens with one attached hydrogen (secondary N) is 1. The first-order valence-electron chi connectivity index (χ1n) is 8.19. The molecule has 0 amide bonds. The van der Waals surface area contributed by atoms with Crippen LogP contribution in [0.1, 0.15) is 31.0 Å². The molecule has 1 aromatic rings. The fraction of sp³-hybridized carbons (Fsp3) is 0.706. The molecule has 1 saturated heterocycles. The maximum atomic E-state index is 4.59. The molecule has 0 radical (unpaired) electrons. The smallest absolute Gasteiger partial charge is 0.0544 e. The van der Waals surface area contributed by atoms with Crippen molar-refractivity contribution in [3.63, 3.8) is 0 Å². The number of rotatable bonds is 8. The lowest BCUT2D eigenvalue weighted by Crippen LogP contribution is -2.27. The van der Waals surface area contributed by atoms with E-state index in [1.807, 2.05) is 6.20 Å². The molecule has 1 atom stereocenters. The Bertz CT molecular complexity index is 404.